The van der Waals surface area contributed by atoms with E-state index in [0.29, 0.717) is 41.1 Å². The molecule has 0 saturated heterocycles. The molecule has 0 fully saturated rings. The number of carbonyl (C=O) groups excluding carboxylic acids is 1. The molecule has 1 aliphatic heterocycles. The van der Waals surface area contributed by atoms with E-state index >= 15 is 0 Å². The van der Waals surface area contributed by atoms with Gasteiger partial charge in [-0.15, -0.1) is 0 Å². The molecule has 0 aliphatic carbocycles. The van der Waals surface area contributed by atoms with E-state index in [-0.39, 0.29) is 5.82 Å². The van der Waals surface area contributed by atoms with Crippen molar-refractivity contribution < 1.29 is 18.7 Å². The van der Waals surface area contributed by atoms with Crippen LogP contribution in [0.4, 0.5) is 4.39 Å². The lowest BCUT2D eigenvalue weighted by Gasteiger charge is -2.36. The maximum Gasteiger partial charge on any atom is 0.305 e. The number of carbonyl (C=O) groups is 1. The Morgan fingerprint density at radius 2 is 2.32 bits per heavy atom. The number of benzene rings is 1. The Morgan fingerprint density at radius 3 is 3.00 bits per heavy atom. The predicted octanol–water partition coefficient (Wildman–Crippen LogP) is 4.05. The van der Waals surface area contributed by atoms with Crippen molar-refractivity contribution in [1.29, 1.82) is 0 Å². The Bertz CT molecular complexity index is 743. The second kappa shape index (κ2) is 5.56. The maximum atomic E-state index is 14.1. The van der Waals surface area contributed by atoms with Gasteiger partial charge in [-0.05, 0) is 30.5 Å². The Labute approximate surface area is 132 Å². The third-order valence-corrected chi connectivity index (χ3v) is 4.23. The van der Waals surface area contributed by atoms with Crippen LogP contribution < -0.4 is 0 Å². The van der Waals surface area contributed by atoms with Crippen LogP contribution in [0.2, 0.25) is 5.02 Å². The number of rotatable bonds is 3. The first-order chi connectivity index (χ1) is 10.5. The molecule has 3 rings (SSSR count). The third-order valence-electron chi connectivity index (χ3n) is 3.91. The van der Waals surface area contributed by atoms with Crippen LogP contribution in [-0.4, -0.2) is 17.6 Å². The molecule has 0 bridgehead atoms. The molecular formula is C16H17ClFNO3. The molecule has 1 aromatic carbocycles. The molecule has 118 valence electrons. The summed E-state index contributed by atoms with van der Waals surface area (Å²) in [6.45, 7) is 3.70. The Balaban J connectivity index is 2.27. The van der Waals surface area contributed by atoms with Crippen LogP contribution in [0.15, 0.2) is 12.1 Å². The Morgan fingerprint density at radius 1 is 1.55 bits per heavy atom. The highest BCUT2D eigenvalue weighted by molar-refractivity contribution is 6.35. The molecule has 0 saturated carbocycles. The minimum atomic E-state index is -1.19. The monoisotopic (exact) mass is 325 g/mol. The van der Waals surface area contributed by atoms with Gasteiger partial charge in [0.2, 0.25) is 0 Å². The largest absolute Gasteiger partial charge is 0.427 e. The van der Waals surface area contributed by atoms with E-state index in [1.165, 1.54) is 19.1 Å². The van der Waals surface area contributed by atoms with E-state index in [1.807, 2.05) is 6.92 Å². The van der Waals surface area contributed by atoms with Gasteiger partial charge in [-0.2, -0.15) is 0 Å². The van der Waals surface area contributed by atoms with E-state index < -0.39 is 11.8 Å². The summed E-state index contributed by atoms with van der Waals surface area (Å²) in [5, 5.41) is 1.12. The van der Waals surface area contributed by atoms with Crippen molar-refractivity contribution in [2.45, 2.75) is 38.9 Å². The summed E-state index contributed by atoms with van der Waals surface area (Å²) < 4.78 is 25.4. The number of H-pyrrole nitrogens is 1. The van der Waals surface area contributed by atoms with Crippen LogP contribution in [0.3, 0.4) is 0 Å². The highest BCUT2D eigenvalue weighted by Gasteiger charge is 2.43. The van der Waals surface area contributed by atoms with Crippen LogP contribution in [-0.2, 0) is 26.5 Å². The molecule has 2 heterocycles. The van der Waals surface area contributed by atoms with E-state index in [4.69, 9.17) is 21.1 Å². The van der Waals surface area contributed by atoms with Gasteiger partial charge >= 0.3 is 5.97 Å². The van der Waals surface area contributed by atoms with Gasteiger partial charge in [0.05, 0.1) is 22.8 Å². The van der Waals surface area contributed by atoms with Crippen LogP contribution in [0.25, 0.3) is 10.9 Å². The average Bonchev–Trinajstić information content (AvgIpc) is 2.85. The zero-order valence-electron chi connectivity index (χ0n) is 12.5. The lowest BCUT2D eigenvalue weighted by Crippen LogP contribution is -2.39. The molecular weight excluding hydrogens is 309 g/mol. The lowest BCUT2D eigenvalue weighted by molar-refractivity contribution is -0.247. The normalized spacial score (nSPS) is 20.9. The van der Waals surface area contributed by atoms with Gasteiger partial charge in [0.15, 0.2) is 0 Å². The first kappa shape index (κ1) is 15.3. The van der Waals surface area contributed by atoms with E-state index in [2.05, 4.69) is 4.98 Å². The molecule has 22 heavy (non-hydrogen) atoms. The van der Waals surface area contributed by atoms with Crippen LogP contribution in [0.5, 0.6) is 0 Å². The number of hydrogen-bond acceptors (Lipinski definition) is 3. The van der Waals surface area contributed by atoms with Crippen molar-refractivity contribution in [2.24, 2.45) is 0 Å². The van der Waals surface area contributed by atoms with Crippen molar-refractivity contribution in [1.82, 2.24) is 4.98 Å². The minimum absolute atomic E-state index is 0.329. The molecule has 1 atom stereocenters. The summed E-state index contributed by atoms with van der Waals surface area (Å²) in [5.74, 6) is -2.02. The summed E-state index contributed by atoms with van der Waals surface area (Å²) >= 11 is 6.25. The summed E-state index contributed by atoms with van der Waals surface area (Å²) in [6.07, 6.45) is 1.83. The van der Waals surface area contributed by atoms with Gasteiger partial charge < -0.3 is 14.5 Å². The molecule has 4 nitrogen and oxygen atoms in total. The fourth-order valence-corrected chi connectivity index (χ4v) is 3.42. The second-order valence-corrected chi connectivity index (χ2v) is 5.86. The minimum Gasteiger partial charge on any atom is -0.427 e. The van der Waals surface area contributed by atoms with Gasteiger partial charge in [0, 0.05) is 18.7 Å². The molecule has 1 N–H and O–H groups in total. The number of aromatic amines is 1. The van der Waals surface area contributed by atoms with Crippen molar-refractivity contribution in [3.63, 3.8) is 0 Å². The zero-order chi connectivity index (χ0) is 15.9. The fourth-order valence-electron chi connectivity index (χ4n) is 3.15. The van der Waals surface area contributed by atoms with Crippen LogP contribution in [0, 0.1) is 5.82 Å². The zero-order valence-corrected chi connectivity index (χ0v) is 13.2. The molecule has 1 aromatic heterocycles. The lowest BCUT2D eigenvalue weighted by atomic mass is 9.96. The number of aromatic nitrogens is 1. The molecule has 2 aromatic rings. The van der Waals surface area contributed by atoms with Crippen molar-refractivity contribution in [3.8, 4) is 0 Å². The van der Waals surface area contributed by atoms with Gasteiger partial charge in [0.25, 0.3) is 5.79 Å². The standard InChI is InChI=1S/C16H17ClFNO3/c1-3-7-16(22-9(2)20)15-10(6-8-21-16)13-11(17)4-5-12(18)14(13)19-15/h4-5,19H,3,6-8H2,1-2H3. The molecule has 6 heteroatoms. The molecule has 0 radical (unpaired) electrons. The fraction of sp³-hybridized carbons (Fsp3) is 0.438. The van der Waals surface area contributed by atoms with Gasteiger partial charge in [-0.1, -0.05) is 18.5 Å². The first-order valence-corrected chi connectivity index (χ1v) is 7.69. The van der Waals surface area contributed by atoms with Crippen molar-refractivity contribution in [2.75, 3.05) is 6.61 Å². The van der Waals surface area contributed by atoms with E-state index in [1.54, 1.807) is 0 Å². The number of esters is 1. The molecule has 0 spiro atoms. The van der Waals surface area contributed by atoms with Gasteiger partial charge in [-0.25, -0.2) is 4.39 Å². The number of hydrogen-bond donors (Lipinski definition) is 1. The van der Waals surface area contributed by atoms with Gasteiger partial charge in [0.1, 0.15) is 5.82 Å². The Kier molecular flexibility index (Phi) is 3.87. The number of nitrogens with one attached hydrogen (secondary N) is 1. The summed E-state index contributed by atoms with van der Waals surface area (Å²) in [6, 6.07) is 2.86. The maximum absolute atomic E-state index is 14.1. The van der Waals surface area contributed by atoms with Crippen LogP contribution >= 0.6 is 11.6 Å². The molecule has 1 unspecified atom stereocenters. The summed E-state index contributed by atoms with van der Waals surface area (Å²) in [7, 11) is 0. The Hall–Kier alpha value is -1.59. The molecule has 1 aliphatic rings. The number of halogens is 2. The van der Waals surface area contributed by atoms with Gasteiger partial charge in [-0.3, -0.25) is 4.79 Å². The van der Waals surface area contributed by atoms with E-state index in [0.717, 1.165) is 12.0 Å². The van der Waals surface area contributed by atoms with Crippen molar-refractivity contribution >= 4 is 28.5 Å². The van der Waals surface area contributed by atoms with E-state index in [9.17, 15) is 9.18 Å². The molecule has 0 amide bonds. The van der Waals surface area contributed by atoms with Crippen molar-refractivity contribution in [3.05, 3.63) is 34.2 Å². The highest BCUT2D eigenvalue weighted by Crippen LogP contribution is 2.43. The number of ether oxygens (including phenoxy) is 2. The average molecular weight is 326 g/mol. The second-order valence-electron chi connectivity index (χ2n) is 5.45. The van der Waals surface area contributed by atoms with Crippen LogP contribution in [0.1, 0.15) is 37.9 Å². The topological polar surface area (TPSA) is 51.3 Å². The number of fused-ring (bicyclic) bond motifs is 3. The SMILES string of the molecule is CCCC1(OC(C)=O)OCCc2c1[nH]c1c(F)ccc(Cl)c21. The first-order valence-electron chi connectivity index (χ1n) is 7.31. The smallest absolute Gasteiger partial charge is 0.305 e. The quantitative estimate of drug-likeness (QED) is 0.866. The summed E-state index contributed by atoms with van der Waals surface area (Å²) in [4.78, 5) is 14.6. The predicted molar refractivity (Wildman–Crippen MR) is 81.3 cm³/mol. The summed E-state index contributed by atoms with van der Waals surface area (Å²) in [5.41, 5.74) is 1.79. The highest BCUT2D eigenvalue weighted by atomic mass is 35.5. The third kappa shape index (κ3) is 2.29.